The lowest BCUT2D eigenvalue weighted by atomic mass is 10.00. The molecular weight excluding hydrogens is 406 g/mol. The largest absolute Gasteiger partial charge is 0.444 e. The summed E-state index contributed by atoms with van der Waals surface area (Å²) in [6.07, 6.45) is 6.60. The minimum absolute atomic E-state index is 0.543. The van der Waals surface area contributed by atoms with Gasteiger partial charge in [-0.3, -0.25) is 4.57 Å². The third-order valence-electron chi connectivity index (χ3n) is 5.60. The number of thioether (sulfide) groups is 1. The van der Waals surface area contributed by atoms with Crippen molar-refractivity contribution in [2.24, 2.45) is 5.92 Å². The van der Waals surface area contributed by atoms with Crippen LogP contribution in [0.25, 0.3) is 11.5 Å². The van der Waals surface area contributed by atoms with Crippen LogP contribution in [0.4, 0.5) is 5.95 Å². The van der Waals surface area contributed by atoms with Crippen LogP contribution >= 0.6 is 23.4 Å². The fourth-order valence-electron chi connectivity index (χ4n) is 3.71. The molecule has 0 N–H and O–H groups in total. The van der Waals surface area contributed by atoms with Gasteiger partial charge in [0.1, 0.15) is 6.26 Å². The molecule has 0 bridgehead atoms. The van der Waals surface area contributed by atoms with Gasteiger partial charge in [-0.2, -0.15) is 0 Å². The summed E-state index contributed by atoms with van der Waals surface area (Å²) in [5.41, 5.74) is 1.78. The molecule has 0 spiro atoms. The molecule has 0 unspecified atom stereocenters. The maximum atomic E-state index is 6.07. The fraction of sp³-hybridized carbons (Fsp3) is 0.476. The lowest BCUT2D eigenvalue weighted by molar-refractivity contribution is 0.429. The molecule has 2 aromatic heterocycles. The normalized spacial score (nSPS) is 17.8. The first-order chi connectivity index (χ1) is 14.2. The summed E-state index contributed by atoms with van der Waals surface area (Å²) < 4.78 is 8.01. The Balaban J connectivity index is 1.30. The number of hydrogen-bond donors (Lipinski definition) is 0. The lowest BCUT2D eigenvalue weighted by Crippen LogP contribution is -2.34. The first-order valence-electron chi connectivity index (χ1n) is 10.2. The van der Waals surface area contributed by atoms with Crippen LogP contribution in [0, 0.1) is 5.92 Å². The third kappa shape index (κ3) is 4.16. The van der Waals surface area contributed by atoms with E-state index in [2.05, 4.69) is 31.6 Å². The van der Waals surface area contributed by atoms with E-state index in [4.69, 9.17) is 16.0 Å². The number of oxazole rings is 1. The molecule has 2 aliphatic rings. The van der Waals surface area contributed by atoms with Gasteiger partial charge in [0.05, 0.1) is 5.69 Å². The predicted octanol–water partition coefficient (Wildman–Crippen LogP) is 5.45. The lowest BCUT2D eigenvalue weighted by Gasteiger charge is -2.31. The zero-order valence-corrected chi connectivity index (χ0v) is 18.0. The Bertz CT molecular complexity index is 991. The van der Waals surface area contributed by atoms with Crippen molar-refractivity contribution in [3.8, 4) is 11.5 Å². The highest BCUT2D eigenvalue weighted by atomic mass is 35.5. The Morgan fingerprint density at radius 3 is 2.76 bits per heavy atom. The van der Waals surface area contributed by atoms with Crippen LogP contribution in [0.3, 0.4) is 0 Å². The number of rotatable bonds is 6. The van der Waals surface area contributed by atoms with Gasteiger partial charge < -0.3 is 9.32 Å². The van der Waals surface area contributed by atoms with Crippen molar-refractivity contribution in [1.29, 1.82) is 0 Å². The summed E-state index contributed by atoms with van der Waals surface area (Å²) in [6, 6.07) is 8.10. The molecule has 8 heteroatoms. The van der Waals surface area contributed by atoms with Gasteiger partial charge in [0, 0.05) is 35.5 Å². The molecule has 152 valence electrons. The number of halogens is 1. The average Bonchev–Trinajstić information content (AvgIpc) is 3.30. The number of aromatic nitrogens is 4. The summed E-state index contributed by atoms with van der Waals surface area (Å²) >= 11 is 7.75. The van der Waals surface area contributed by atoms with Crippen LogP contribution in [0.5, 0.6) is 0 Å². The molecule has 1 aromatic carbocycles. The Morgan fingerprint density at radius 1 is 1.17 bits per heavy atom. The quantitative estimate of drug-likeness (QED) is 0.485. The van der Waals surface area contributed by atoms with Crippen molar-refractivity contribution >= 4 is 29.3 Å². The van der Waals surface area contributed by atoms with E-state index in [1.54, 1.807) is 18.0 Å². The molecule has 1 aliphatic heterocycles. The molecule has 1 saturated carbocycles. The average molecular weight is 430 g/mol. The summed E-state index contributed by atoms with van der Waals surface area (Å²) in [6.45, 7) is 4.48. The van der Waals surface area contributed by atoms with Gasteiger partial charge in [0.25, 0.3) is 0 Å². The molecule has 0 amide bonds. The van der Waals surface area contributed by atoms with Crippen molar-refractivity contribution in [2.45, 2.75) is 49.6 Å². The van der Waals surface area contributed by atoms with E-state index < -0.39 is 0 Å². The van der Waals surface area contributed by atoms with Crippen LogP contribution in [-0.2, 0) is 5.75 Å². The van der Waals surface area contributed by atoms with Crippen LogP contribution in [0.15, 0.2) is 40.1 Å². The monoisotopic (exact) mass is 429 g/mol. The van der Waals surface area contributed by atoms with Crippen LogP contribution in [0.1, 0.15) is 44.3 Å². The minimum atomic E-state index is 0.543. The van der Waals surface area contributed by atoms with Gasteiger partial charge in [-0.25, -0.2) is 4.98 Å². The smallest absolute Gasteiger partial charge is 0.228 e. The Hall–Kier alpha value is -1.99. The van der Waals surface area contributed by atoms with Gasteiger partial charge in [-0.15, -0.1) is 10.2 Å². The molecule has 29 heavy (non-hydrogen) atoms. The van der Waals surface area contributed by atoms with E-state index in [1.807, 2.05) is 24.3 Å². The van der Waals surface area contributed by atoms with Crippen molar-refractivity contribution in [3.05, 3.63) is 41.2 Å². The van der Waals surface area contributed by atoms with E-state index in [0.717, 1.165) is 41.4 Å². The summed E-state index contributed by atoms with van der Waals surface area (Å²) in [5.74, 6) is 3.14. The molecule has 2 fully saturated rings. The summed E-state index contributed by atoms with van der Waals surface area (Å²) in [4.78, 5) is 7.02. The Morgan fingerprint density at radius 2 is 2.00 bits per heavy atom. The molecular formula is C21H24ClN5OS. The van der Waals surface area contributed by atoms with E-state index in [0.29, 0.717) is 22.7 Å². The topological polar surface area (TPSA) is 60.0 Å². The zero-order valence-electron chi connectivity index (χ0n) is 16.4. The summed E-state index contributed by atoms with van der Waals surface area (Å²) in [7, 11) is 0. The van der Waals surface area contributed by atoms with Crippen LogP contribution in [-0.4, -0.2) is 32.8 Å². The second kappa shape index (κ2) is 8.03. The molecule has 1 saturated heterocycles. The van der Waals surface area contributed by atoms with Crippen LogP contribution < -0.4 is 4.90 Å². The highest BCUT2D eigenvalue weighted by Crippen LogP contribution is 2.42. The van der Waals surface area contributed by atoms with E-state index in [1.165, 1.54) is 25.7 Å². The Kier molecular flexibility index (Phi) is 5.26. The zero-order chi connectivity index (χ0) is 19.8. The molecule has 6 nitrogen and oxygen atoms in total. The predicted molar refractivity (Wildman–Crippen MR) is 115 cm³/mol. The Labute approximate surface area is 179 Å². The first kappa shape index (κ1) is 19.0. The van der Waals surface area contributed by atoms with Gasteiger partial charge in [0.2, 0.25) is 11.8 Å². The number of benzene rings is 1. The highest BCUT2D eigenvalue weighted by Gasteiger charge is 2.32. The molecule has 0 radical (unpaired) electrons. The maximum Gasteiger partial charge on any atom is 0.228 e. The molecule has 3 aromatic rings. The van der Waals surface area contributed by atoms with Gasteiger partial charge in [-0.05, 0) is 49.8 Å². The van der Waals surface area contributed by atoms with E-state index in [9.17, 15) is 0 Å². The minimum Gasteiger partial charge on any atom is -0.444 e. The third-order valence-corrected chi connectivity index (χ3v) is 6.81. The SMILES string of the molecule is CC1CCN(c2nnc(SCc3coc(-c4cccc(Cl)c4)n3)n2C2CC2)CC1. The van der Waals surface area contributed by atoms with Crippen molar-refractivity contribution in [2.75, 3.05) is 18.0 Å². The number of anilines is 1. The van der Waals surface area contributed by atoms with Crippen LogP contribution in [0.2, 0.25) is 5.02 Å². The van der Waals surface area contributed by atoms with Crippen molar-refractivity contribution < 1.29 is 4.42 Å². The molecule has 5 rings (SSSR count). The highest BCUT2D eigenvalue weighted by molar-refractivity contribution is 7.98. The van der Waals surface area contributed by atoms with Gasteiger partial charge in [-0.1, -0.05) is 36.4 Å². The van der Waals surface area contributed by atoms with E-state index in [-0.39, 0.29) is 0 Å². The molecule has 1 aliphatic carbocycles. The second-order valence-corrected chi connectivity index (χ2v) is 9.38. The van der Waals surface area contributed by atoms with Crippen molar-refractivity contribution in [3.63, 3.8) is 0 Å². The maximum absolute atomic E-state index is 6.07. The standard InChI is InChI=1S/C21H24ClN5OS/c1-14-7-9-26(10-8-14)20-24-25-21(27(20)18-5-6-18)29-13-17-12-28-19(23-17)15-3-2-4-16(22)11-15/h2-4,11-12,14,18H,5-10,13H2,1H3. The second-order valence-electron chi connectivity index (χ2n) is 8.00. The van der Waals surface area contributed by atoms with Crippen molar-refractivity contribution in [1.82, 2.24) is 19.7 Å². The summed E-state index contributed by atoms with van der Waals surface area (Å²) in [5, 5.41) is 10.7. The fourth-order valence-corrected chi connectivity index (χ4v) is 4.78. The number of nitrogens with zero attached hydrogens (tertiary/aromatic N) is 5. The van der Waals surface area contributed by atoms with Gasteiger partial charge >= 0.3 is 0 Å². The first-order valence-corrected chi connectivity index (χ1v) is 11.6. The number of piperidine rings is 1. The molecule has 3 heterocycles. The molecule has 0 atom stereocenters. The van der Waals surface area contributed by atoms with Gasteiger partial charge in [0.15, 0.2) is 5.16 Å². The number of hydrogen-bond acceptors (Lipinski definition) is 6. The van der Waals surface area contributed by atoms with E-state index >= 15 is 0 Å².